The maximum atomic E-state index is 13.7. The van der Waals surface area contributed by atoms with Crippen molar-refractivity contribution < 1.29 is 14.7 Å². The van der Waals surface area contributed by atoms with Crippen LogP contribution in [0.1, 0.15) is 43.4 Å². The molecule has 3 aliphatic rings. The van der Waals surface area contributed by atoms with Crippen LogP contribution in [0, 0.1) is 11.8 Å². The van der Waals surface area contributed by atoms with E-state index < -0.39 is 0 Å². The van der Waals surface area contributed by atoms with Crippen molar-refractivity contribution >= 4 is 5.91 Å². The monoisotopic (exact) mass is 518 g/mol. The minimum absolute atomic E-state index is 0.0878. The van der Waals surface area contributed by atoms with Gasteiger partial charge in [-0.15, -0.1) is 5.06 Å². The first-order valence-corrected chi connectivity index (χ1v) is 14.2. The number of amides is 1. The van der Waals surface area contributed by atoms with Crippen molar-refractivity contribution in [2.75, 3.05) is 33.2 Å². The molecule has 2 atom stereocenters. The SMILES string of the molecule is C=C1C(C2Cc3ccccc3C2)NC(=O)C(C(CC)CC)N1Cc1ccccc1OON1CCN(C)CC1. The second-order valence-corrected chi connectivity index (χ2v) is 11.1. The third kappa shape index (κ3) is 5.60. The van der Waals surface area contributed by atoms with Crippen LogP contribution >= 0.6 is 0 Å². The van der Waals surface area contributed by atoms with Crippen LogP contribution in [0.4, 0.5) is 0 Å². The smallest absolute Gasteiger partial charge is 0.243 e. The first-order chi connectivity index (χ1) is 18.5. The number of nitrogens with one attached hydrogen (secondary N) is 1. The molecule has 0 bridgehead atoms. The molecule has 1 aliphatic carbocycles. The van der Waals surface area contributed by atoms with Crippen LogP contribution in [0.3, 0.4) is 0 Å². The largest absolute Gasteiger partial charge is 0.357 e. The second kappa shape index (κ2) is 11.9. The minimum Gasteiger partial charge on any atom is -0.357 e. The summed E-state index contributed by atoms with van der Waals surface area (Å²) in [6.45, 7) is 13.0. The fourth-order valence-electron chi connectivity index (χ4n) is 6.30. The number of hydrogen-bond donors (Lipinski definition) is 1. The molecule has 2 aromatic carbocycles. The number of para-hydroxylation sites is 1. The molecule has 7 nitrogen and oxygen atoms in total. The summed E-state index contributed by atoms with van der Waals surface area (Å²) < 4.78 is 0. The third-order valence-electron chi connectivity index (χ3n) is 8.69. The lowest BCUT2D eigenvalue weighted by Crippen LogP contribution is -2.62. The number of hydrogen-bond acceptors (Lipinski definition) is 6. The van der Waals surface area contributed by atoms with E-state index >= 15 is 0 Å². The summed E-state index contributed by atoms with van der Waals surface area (Å²) in [4.78, 5) is 29.9. The van der Waals surface area contributed by atoms with Gasteiger partial charge >= 0.3 is 0 Å². The normalized spacial score (nSPS) is 23.1. The summed E-state index contributed by atoms with van der Waals surface area (Å²) in [6, 6.07) is 16.3. The zero-order chi connectivity index (χ0) is 26.6. The highest BCUT2D eigenvalue weighted by molar-refractivity contribution is 5.84. The molecule has 5 rings (SSSR count). The Morgan fingerprint density at radius 2 is 1.61 bits per heavy atom. The van der Waals surface area contributed by atoms with Gasteiger partial charge in [-0.05, 0) is 48.9 Å². The predicted molar refractivity (Wildman–Crippen MR) is 149 cm³/mol. The standard InChI is InChI=1S/C31H42N4O3/c1-5-23(6-2)30-31(36)32-29(27-19-24-11-7-8-12-25(24)20-27)22(3)35(30)21-26-13-9-10-14-28(26)37-38-34-17-15-33(4)16-18-34/h7-14,23,27,29-30H,3,5-6,15-21H2,1-2,4H3,(H,32,36). The quantitative estimate of drug-likeness (QED) is 0.397. The highest BCUT2D eigenvalue weighted by atomic mass is 17.3. The van der Waals surface area contributed by atoms with Crippen LogP contribution in [0.15, 0.2) is 60.8 Å². The van der Waals surface area contributed by atoms with Gasteiger partial charge < -0.3 is 20.0 Å². The first kappa shape index (κ1) is 26.7. The highest BCUT2D eigenvalue weighted by Gasteiger charge is 2.44. The van der Waals surface area contributed by atoms with E-state index in [-0.39, 0.29) is 23.9 Å². The molecule has 38 heavy (non-hydrogen) atoms. The first-order valence-electron chi connectivity index (χ1n) is 14.2. The van der Waals surface area contributed by atoms with Crippen molar-refractivity contribution in [3.05, 3.63) is 77.5 Å². The van der Waals surface area contributed by atoms with E-state index in [9.17, 15) is 4.79 Å². The minimum atomic E-state index is -0.260. The van der Waals surface area contributed by atoms with Gasteiger partial charge in [0, 0.05) is 44.0 Å². The lowest BCUT2D eigenvalue weighted by atomic mass is 9.85. The summed E-state index contributed by atoms with van der Waals surface area (Å²) in [5.74, 6) is 1.33. The number of piperazine rings is 2. The predicted octanol–water partition coefficient (Wildman–Crippen LogP) is 4.19. The number of nitrogens with zero attached hydrogens (tertiary/aromatic N) is 3. The van der Waals surface area contributed by atoms with Gasteiger partial charge in [-0.2, -0.15) is 0 Å². The average Bonchev–Trinajstić information content (AvgIpc) is 3.37. The summed E-state index contributed by atoms with van der Waals surface area (Å²) in [7, 11) is 2.11. The molecule has 2 aliphatic heterocycles. The Bertz CT molecular complexity index is 1100. The van der Waals surface area contributed by atoms with Gasteiger partial charge in [-0.3, -0.25) is 4.79 Å². The van der Waals surface area contributed by atoms with Crippen molar-refractivity contribution in [3.63, 3.8) is 0 Å². The van der Waals surface area contributed by atoms with Crippen molar-refractivity contribution in [2.45, 2.75) is 58.2 Å². The van der Waals surface area contributed by atoms with Crippen LogP contribution in [0.5, 0.6) is 5.75 Å². The van der Waals surface area contributed by atoms with E-state index in [4.69, 9.17) is 9.88 Å². The van der Waals surface area contributed by atoms with Gasteiger partial charge in [0.1, 0.15) is 6.04 Å². The Balaban J connectivity index is 1.37. The maximum Gasteiger partial charge on any atom is 0.243 e. The summed E-state index contributed by atoms with van der Waals surface area (Å²) in [6.07, 6.45) is 3.79. The summed E-state index contributed by atoms with van der Waals surface area (Å²) in [5, 5.41) is 5.26. The number of carbonyl (C=O) groups is 1. The molecular formula is C31H42N4O3. The molecular weight excluding hydrogens is 476 g/mol. The van der Waals surface area contributed by atoms with Gasteiger partial charge in [0.05, 0.1) is 6.04 Å². The van der Waals surface area contributed by atoms with Crippen LogP contribution < -0.4 is 10.2 Å². The number of fused-ring (bicyclic) bond motifs is 1. The van der Waals surface area contributed by atoms with Crippen molar-refractivity contribution in [1.29, 1.82) is 0 Å². The number of hydroxylamine groups is 2. The van der Waals surface area contributed by atoms with Crippen LogP contribution in [-0.4, -0.2) is 66.1 Å². The lowest BCUT2D eigenvalue weighted by Gasteiger charge is -2.47. The number of benzene rings is 2. The third-order valence-corrected chi connectivity index (χ3v) is 8.69. The Kier molecular flexibility index (Phi) is 8.36. The van der Waals surface area contributed by atoms with Crippen molar-refractivity contribution in [2.24, 2.45) is 11.8 Å². The molecule has 2 aromatic rings. The fraction of sp³-hybridized carbons (Fsp3) is 0.516. The zero-order valence-corrected chi connectivity index (χ0v) is 23.1. The van der Waals surface area contributed by atoms with E-state index in [2.05, 4.69) is 72.9 Å². The Labute approximate surface area is 227 Å². The van der Waals surface area contributed by atoms with Crippen LogP contribution in [0.25, 0.3) is 0 Å². The maximum absolute atomic E-state index is 13.7. The molecule has 2 fully saturated rings. The van der Waals surface area contributed by atoms with E-state index in [1.54, 1.807) is 0 Å². The molecule has 7 heteroatoms. The van der Waals surface area contributed by atoms with E-state index in [1.807, 2.05) is 23.3 Å². The Hall–Kier alpha value is -2.87. The van der Waals surface area contributed by atoms with Crippen LogP contribution in [-0.2, 0) is 29.2 Å². The number of carbonyl (C=O) groups excluding carboxylic acids is 1. The molecule has 0 saturated carbocycles. The molecule has 0 radical (unpaired) electrons. The second-order valence-electron chi connectivity index (χ2n) is 11.1. The topological polar surface area (TPSA) is 57.3 Å². The lowest BCUT2D eigenvalue weighted by molar-refractivity contribution is -0.373. The van der Waals surface area contributed by atoms with Gasteiger partial charge in [-0.1, -0.05) is 80.7 Å². The molecule has 0 aromatic heterocycles. The zero-order valence-electron chi connectivity index (χ0n) is 23.1. The average molecular weight is 519 g/mol. The highest BCUT2D eigenvalue weighted by Crippen LogP contribution is 2.37. The van der Waals surface area contributed by atoms with Gasteiger partial charge in [0.2, 0.25) is 5.91 Å². The van der Waals surface area contributed by atoms with E-state index in [0.29, 0.717) is 18.2 Å². The van der Waals surface area contributed by atoms with E-state index in [0.717, 1.165) is 63.1 Å². The number of likely N-dealkylation sites (N-methyl/N-ethyl adjacent to an activating group) is 1. The molecule has 1 amide bonds. The summed E-state index contributed by atoms with van der Waals surface area (Å²) in [5.41, 5.74) is 4.75. The van der Waals surface area contributed by atoms with Gasteiger partial charge in [0.15, 0.2) is 5.75 Å². The molecule has 2 unspecified atom stereocenters. The molecule has 2 saturated heterocycles. The number of rotatable bonds is 9. The Morgan fingerprint density at radius 3 is 2.26 bits per heavy atom. The van der Waals surface area contributed by atoms with Crippen molar-refractivity contribution in [1.82, 2.24) is 20.2 Å². The van der Waals surface area contributed by atoms with Crippen LogP contribution in [0.2, 0.25) is 0 Å². The molecule has 2 heterocycles. The summed E-state index contributed by atoms with van der Waals surface area (Å²) >= 11 is 0. The van der Waals surface area contributed by atoms with Gasteiger partial charge in [0.25, 0.3) is 0 Å². The molecule has 204 valence electrons. The van der Waals surface area contributed by atoms with Gasteiger partial charge in [-0.25, -0.2) is 0 Å². The van der Waals surface area contributed by atoms with Crippen molar-refractivity contribution in [3.8, 4) is 5.75 Å². The fourth-order valence-corrected chi connectivity index (χ4v) is 6.30. The van der Waals surface area contributed by atoms with E-state index in [1.165, 1.54) is 11.1 Å². The molecule has 1 N–H and O–H groups in total. The Morgan fingerprint density at radius 1 is 0.974 bits per heavy atom. The molecule has 0 spiro atoms.